The lowest BCUT2D eigenvalue weighted by Crippen LogP contribution is -2.39. The first-order valence-corrected chi connectivity index (χ1v) is 12.9. The number of aliphatic hydroxyl groups is 1. The molecular formula is C18H15BrN5O6PS. The Labute approximate surface area is 193 Å². The van der Waals surface area contributed by atoms with Gasteiger partial charge >= 0.3 is 6.72 Å². The van der Waals surface area contributed by atoms with Crippen LogP contribution in [0.3, 0.4) is 0 Å². The molecule has 0 radical (unpaired) electrons. The smallest absolute Gasteiger partial charge is 0.325 e. The Bertz CT molecular complexity index is 1470. The Balaban J connectivity index is 1.48. The van der Waals surface area contributed by atoms with Crippen LogP contribution in [0.4, 0.5) is 0 Å². The molecule has 3 N–H and O–H groups in total. The second-order valence-electron chi connectivity index (χ2n) is 7.46. The van der Waals surface area contributed by atoms with E-state index in [9.17, 15) is 14.8 Å². The van der Waals surface area contributed by atoms with Crippen molar-refractivity contribution in [3.8, 4) is 11.3 Å². The monoisotopic (exact) mass is 539 g/mol. The standard InChI is InChI=1S/C18H15BrN5O6PS/c19-17-21-11-14(24(17)16-12(25)13-10(29-16)7-28-31(27,32)30-13)22-18-20-9(6-23(18)15(11)26)8-4-2-1-3-5-8/h1-6,10,12-13,16,25H,7H2,(H,20,22)(H,27,32)/t10?,12?,13-,16-,31?/m1/s1. The zero-order chi connectivity index (χ0) is 22.2. The van der Waals surface area contributed by atoms with Crippen molar-refractivity contribution in [3.05, 3.63) is 51.6 Å². The van der Waals surface area contributed by atoms with Crippen LogP contribution in [0.2, 0.25) is 0 Å². The molecule has 2 saturated heterocycles. The van der Waals surface area contributed by atoms with E-state index in [2.05, 4.69) is 30.9 Å². The summed E-state index contributed by atoms with van der Waals surface area (Å²) in [6.07, 6.45) is -2.05. The number of hydrogen-bond acceptors (Lipinski definition) is 8. The number of rotatable bonds is 2. The van der Waals surface area contributed by atoms with Crippen LogP contribution in [-0.2, 0) is 25.6 Å². The second kappa shape index (κ2) is 7.27. The van der Waals surface area contributed by atoms with Crippen LogP contribution in [0.5, 0.6) is 0 Å². The van der Waals surface area contributed by atoms with Gasteiger partial charge in [-0.05, 0) is 33.3 Å². The van der Waals surface area contributed by atoms with Crippen molar-refractivity contribution in [3.63, 3.8) is 0 Å². The first kappa shape index (κ1) is 20.6. The summed E-state index contributed by atoms with van der Waals surface area (Å²) < 4.78 is 19.6. The SMILES string of the molecule is O=c1c2nc(Br)n([C@@H]3OC4COP(O)(=S)O[C@H]4C3O)c2nc2[nH]c(-c3ccccc3)cn12. The summed E-state index contributed by atoms with van der Waals surface area (Å²) in [4.78, 5) is 35.2. The fourth-order valence-electron chi connectivity index (χ4n) is 4.04. The van der Waals surface area contributed by atoms with Gasteiger partial charge in [-0.25, -0.2) is 9.38 Å². The maximum absolute atomic E-state index is 13.1. The number of nitrogens with one attached hydrogen (secondary N) is 1. The first-order valence-electron chi connectivity index (χ1n) is 9.56. The Kier molecular flexibility index (Phi) is 4.69. The Morgan fingerprint density at radius 2 is 2.06 bits per heavy atom. The summed E-state index contributed by atoms with van der Waals surface area (Å²) in [5, 5.41) is 10.9. The molecule has 5 heterocycles. The molecule has 1 aromatic carbocycles. The number of hydrogen-bond donors (Lipinski definition) is 3. The van der Waals surface area contributed by atoms with Gasteiger partial charge in [-0.1, -0.05) is 30.3 Å². The van der Waals surface area contributed by atoms with E-state index in [1.54, 1.807) is 6.20 Å². The lowest BCUT2D eigenvalue weighted by Gasteiger charge is -2.30. The lowest BCUT2D eigenvalue weighted by molar-refractivity contribution is -0.0600. The molecule has 2 aliphatic rings. The maximum Gasteiger partial charge on any atom is 0.325 e. The number of benzene rings is 1. The quantitative estimate of drug-likeness (QED) is 0.256. The molecule has 11 nitrogen and oxygen atoms in total. The number of aromatic amines is 1. The minimum Gasteiger partial charge on any atom is -0.386 e. The van der Waals surface area contributed by atoms with Crippen molar-refractivity contribution in [2.75, 3.05) is 6.61 Å². The Hall–Kier alpha value is -1.96. The molecule has 0 aliphatic carbocycles. The third-order valence-electron chi connectivity index (χ3n) is 5.51. The predicted octanol–water partition coefficient (Wildman–Crippen LogP) is 1.69. The number of fused-ring (bicyclic) bond motifs is 3. The van der Waals surface area contributed by atoms with E-state index >= 15 is 0 Å². The van der Waals surface area contributed by atoms with E-state index < -0.39 is 31.3 Å². The van der Waals surface area contributed by atoms with E-state index in [-0.39, 0.29) is 28.1 Å². The molecule has 0 saturated carbocycles. The van der Waals surface area contributed by atoms with Crippen molar-refractivity contribution >= 4 is 51.4 Å². The topological polar surface area (TPSA) is 136 Å². The average Bonchev–Trinajstić information content (AvgIpc) is 3.43. The fraction of sp³-hybridized carbons (Fsp3) is 0.278. The fourth-order valence-corrected chi connectivity index (χ4v) is 6.03. The number of nitrogens with zero attached hydrogens (tertiary/aromatic N) is 4. The molecular weight excluding hydrogens is 525 g/mol. The molecule has 3 unspecified atom stereocenters. The highest BCUT2D eigenvalue weighted by molar-refractivity contribution is 9.10. The third-order valence-corrected chi connectivity index (χ3v) is 7.63. The van der Waals surface area contributed by atoms with Crippen LogP contribution in [0.25, 0.3) is 28.2 Å². The van der Waals surface area contributed by atoms with Crippen LogP contribution < -0.4 is 5.56 Å². The highest BCUT2D eigenvalue weighted by Crippen LogP contribution is 2.53. The van der Waals surface area contributed by atoms with Gasteiger partial charge in [0, 0.05) is 6.20 Å². The molecule has 6 rings (SSSR count). The summed E-state index contributed by atoms with van der Waals surface area (Å²) in [5.41, 5.74) is 1.56. The van der Waals surface area contributed by atoms with Gasteiger partial charge in [0.05, 0.1) is 12.3 Å². The van der Waals surface area contributed by atoms with Crippen LogP contribution in [-0.4, -0.2) is 58.8 Å². The summed E-state index contributed by atoms with van der Waals surface area (Å²) in [6.45, 7) is -3.46. The largest absolute Gasteiger partial charge is 0.386 e. The molecule has 32 heavy (non-hydrogen) atoms. The van der Waals surface area contributed by atoms with Gasteiger partial charge in [-0.3, -0.25) is 13.9 Å². The van der Waals surface area contributed by atoms with E-state index in [0.717, 1.165) is 11.3 Å². The normalized spacial score (nSPS) is 30.2. The number of aromatic nitrogens is 5. The van der Waals surface area contributed by atoms with Crippen molar-refractivity contribution < 1.29 is 23.8 Å². The van der Waals surface area contributed by atoms with Crippen LogP contribution in [0.15, 0.2) is 46.1 Å². The van der Waals surface area contributed by atoms with Crippen molar-refractivity contribution in [1.82, 2.24) is 23.9 Å². The van der Waals surface area contributed by atoms with E-state index in [0.29, 0.717) is 5.78 Å². The zero-order valence-corrected chi connectivity index (χ0v) is 19.3. The molecule has 0 spiro atoms. The van der Waals surface area contributed by atoms with Crippen molar-refractivity contribution in [2.24, 2.45) is 0 Å². The molecule has 2 aliphatic heterocycles. The van der Waals surface area contributed by atoms with Gasteiger partial charge in [-0.2, -0.15) is 4.98 Å². The van der Waals surface area contributed by atoms with Crippen LogP contribution in [0, 0.1) is 0 Å². The van der Waals surface area contributed by atoms with E-state index in [4.69, 9.17) is 25.6 Å². The molecule has 0 amide bonds. The lowest BCUT2D eigenvalue weighted by atomic mass is 10.1. The number of aliphatic hydroxyl groups excluding tert-OH is 1. The van der Waals surface area contributed by atoms with Crippen LogP contribution in [0.1, 0.15) is 6.23 Å². The second-order valence-corrected chi connectivity index (χ2v) is 11.0. The summed E-state index contributed by atoms with van der Waals surface area (Å²) in [6, 6.07) is 9.54. The van der Waals surface area contributed by atoms with Crippen molar-refractivity contribution in [1.29, 1.82) is 0 Å². The van der Waals surface area contributed by atoms with Gasteiger partial charge in [0.1, 0.15) is 18.3 Å². The number of H-pyrrole nitrogens is 1. The molecule has 2 fully saturated rings. The van der Waals surface area contributed by atoms with Gasteiger partial charge in [0.2, 0.25) is 5.78 Å². The maximum atomic E-state index is 13.1. The predicted molar refractivity (Wildman–Crippen MR) is 119 cm³/mol. The Morgan fingerprint density at radius 1 is 1.28 bits per heavy atom. The van der Waals surface area contributed by atoms with Gasteiger partial charge in [0.25, 0.3) is 5.56 Å². The minimum atomic E-state index is -3.44. The third kappa shape index (κ3) is 3.12. The minimum absolute atomic E-state index is 0.0202. The molecule has 4 aromatic rings. The van der Waals surface area contributed by atoms with Crippen LogP contribution >= 0.6 is 22.6 Å². The summed E-state index contributed by atoms with van der Waals surface area (Å²) in [5.74, 6) is 0.311. The molecule has 14 heteroatoms. The average molecular weight is 540 g/mol. The summed E-state index contributed by atoms with van der Waals surface area (Å²) in [7, 11) is 0. The van der Waals surface area contributed by atoms with Gasteiger partial charge < -0.3 is 24.2 Å². The highest BCUT2D eigenvalue weighted by atomic mass is 79.9. The zero-order valence-electron chi connectivity index (χ0n) is 16.0. The molecule has 166 valence electrons. The highest BCUT2D eigenvalue weighted by Gasteiger charge is 2.51. The number of ether oxygens (including phenoxy) is 1. The first-order chi connectivity index (χ1) is 15.3. The van der Waals surface area contributed by atoms with E-state index in [1.807, 2.05) is 30.3 Å². The summed E-state index contributed by atoms with van der Waals surface area (Å²) >= 11 is 8.24. The van der Waals surface area contributed by atoms with Crippen molar-refractivity contribution in [2.45, 2.75) is 24.5 Å². The molecule has 5 atom stereocenters. The number of imidazole rings is 2. The van der Waals surface area contributed by atoms with E-state index in [1.165, 1.54) is 8.97 Å². The number of halogens is 1. The molecule has 3 aromatic heterocycles. The van der Waals surface area contributed by atoms with Gasteiger partial charge in [0.15, 0.2) is 22.1 Å². The van der Waals surface area contributed by atoms with Gasteiger partial charge in [-0.15, -0.1) is 0 Å². The Morgan fingerprint density at radius 3 is 2.84 bits per heavy atom. The molecule has 0 bridgehead atoms.